The predicted molar refractivity (Wildman–Crippen MR) is 235 cm³/mol. The normalized spacial score (nSPS) is 12.8. The van der Waals surface area contributed by atoms with Crippen LogP contribution in [0.3, 0.4) is 0 Å². The first kappa shape index (κ1) is 33.0. The highest BCUT2D eigenvalue weighted by atomic mass is 16.5. The van der Waals surface area contributed by atoms with Gasteiger partial charge in [-0.2, -0.15) is 0 Å². The van der Waals surface area contributed by atoms with Gasteiger partial charge in [-0.3, -0.25) is 0 Å². The fourth-order valence-electron chi connectivity index (χ4n) is 9.16. The van der Waals surface area contributed by atoms with Crippen molar-refractivity contribution in [2.45, 2.75) is 5.41 Å². The van der Waals surface area contributed by atoms with Crippen molar-refractivity contribution >= 4 is 17.1 Å². The molecule has 11 rings (SSSR count). The van der Waals surface area contributed by atoms with Crippen molar-refractivity contribution in [2.24, 2.45) is 0 Å². The fourth-order valence-corrected chi connectivity index (χ4v) is 9.16. The Bertz CT molecular complexity index is 2850. The standard InChI is InChI=1S/C55H37NO/c1-3-13-38(14-4-1)39-23-25-40(26-24-39)41-27-29-42(30-28-41)43-31-33-45(34-32-43)56(44-15-5-2-6-16-44)46-35-36-52-54(37-46)57-53-22-12-11-21-51(53)55(52)49-19-9-7-17-47(49)48-18-8-10-20-50(48)55/h1-37H. The molecule has 0 bridgehead atoms. The molecule has 0 amide bonds. The Labute approximate surface area is 333 Å². The molecule has 1 aliphatic heterocycles. The van der Waals surface area contributed by atoms with E-state index in [4.69, 9.17) is 4.74 Å². The zero-order valence-corrected chi connectivity index (χ0v) is 31.2. The van der Waals surface area contributed by atoms with E-state index in [1.54, 1.807) is 0 Å². The second-order valence-electron chi connectivity index (χ2n) is 14.9. The first-order chi connectivity index (χ1) is 28.3. The molecule has 0 saturated carbocycles. The highest BCUT2D eigenvalue weighted by molar-refractivity contribution is 5.89. The second kappa shape index (κ2) is 13.4. The molecule has 0 saturated heterocycles. The lowest BCUT2D eigenvalue weighted by Crippen LogP contribution is -2.32. The second-order valence-corrected chi connectivity index (χ2v) is 14.9. The van der Waals surface area contributed by atoms with E-state index in [1.165, 1.54) is 61.2 Å². The van der Waals surface area contributed by atoms with Crippen molar-refractivity contribution in [3.8, 4) is 56.0 Å². The molecule has 0 atom stereocenters. The molecule has 2 aliphatic rings. The summed E-state index contributed by atoms with van der Waals surface area (Å²) in [5.41, 5.74) is 17.4. The lowest BCUT2D eigenvalue weighted by atomic mass is 9.66. The minimum atomic E-state index is -0.490. The SMILES string of the molecule is c1ccc(-c2ccc(-c3ccc(-c4ccc(N(c5ccccc5)c5ccc6c(c5)Oc5ccccc5C65c6ccccc6-c6ccccc65)cc4)cc3)cc2)cc1. The molecule has 0 N–H and O–H groups in total. The van der Waals surface area contributed by atoms with Crippen LogP contribution in [0.15, 0.2) is 224 Å². The van der Waals surface area contributed by atoms with Crippen LogP contribution in [0, 0.1) is 0 Å². The maximum Gasteiger partial charge on any atom is 0.134 e. The summed E-state index contributed by atoms with van der Waals surface area (Å²) in [4.78, 5) is 2.32. The maximum atomic E-state index is 6.87. The first-order valence-corrected chi connectivity index (χ1v) is 19.6. The third-order valence-corrected chi connectivity index (χ3v) is 11.8. The van der Waals surface area contributed by atoms with Crippen molar-refractivity contribution in [3.05, 3.63) is 247 Å². The van der Waals surface area contributed by atoms with Gasteiger partial charge < -0.3 is 9.64 Å². The van der Waals surface area contributed by atoms with E-state index < -0.39 is 5.41 Å². The lowest BCUT2D eigenvalue weighted by molar-refractivity contribution is 0.436. The summed E-state index contributed by atoms with van der Waals surface area (Å²) in [6.45, 7) is 0. The molecule has 0 fully saturated rings. The van der Waals surface area contributed by atoms with Crippen molar-refractivity contribution in [3.63, 3.8) is 0 Å². The van der Waals surface area contributed by atoms with Crippen LogP contribution in [-0.4, -0.2) is 0 Å². The van der Waals surface area contributed by atoms with Crippen LogP contribution in [0.4, 0.5) is 17.1 Å². The Kier molecular flexibility index (Phi) is 7.75. The van der Waals surface area contributed by atoms with Gasteiger partial charge in [0.25, 0.3) is 0 Å². The third kappa shape index (κ3) is 5.33. The van der Waals surface area contributed by atoms with Gasteiger partial charge >= 0.3 is 0 Å². The molecule has 9 aromatic rings. The zero-order chi connectivity index (χ0) is 37.8. The van der Waals surface area contributed by atoms with Gasteiger partial charge in [0.2, 0.25) is 0 Å². The zero-order valence-electron chi connectivity index (χ0n) is 31.2. The molecule has 0 aromatic heterocycles. The Balaban J connectivity index is 0.957. The molecule has 1 heterocycles. The number of ether oxygens (including phenoxy) is 1. The molecule has 2 heteroatoms. The van der Waals surface area contributed by atoms with Crippen LogP contribution in [0.25, 0.3) is 44.5 Å². The monoisotopic (exact) mass is 727 g/mol. The minimum Gasteiger partial charge on any atom is -0.457 e. The quantitative estimate of drug-likeness (QED) is 0.169. The Morgan fingerprint density at radius 2 is 0.667 bits per heavy atom. The van der Waals surface area contributed by atoms with E-state index in [2.05, 4.69) is 229 Å². The number of benzene rings is 9. The van der Waals surface area contributed by atoms with Gasteiger partial charge in [0, 0.05) is 34.3 Å². The molecule has 1 spiro atoms. The average molecular weight is 728 g/mol. The smallest absolute Gasteiger partial charge is 0.134 e. The Morgan fingerprint density at radius 3 is 1.23 bits per heavy atom. The van der Waals surface area contributed by atoms with E-state index in [0.29, 0.717) is 0 Å². The Hall–Kier alpha value is -7.42. The van der Waals surface area contributed by atoms with Gasteiger partial charge in [0.05, 0.1) is 5.41 Å². The van der Waals surface area contributed by atoms with Gasteiger partial charge in [-0.25, -0.2) is 0 Å². The van der Waals surface area contributed by atoms with Gasteiger partial charge in [0.1, 0.15) is 11.5 Å². The number of anilines is 3. The van der Waals surface area contributed by atoms with Gasteiger partial charge in [0.15, 0.2) is 0 Å². The maximum absolute atomic E-state index is 6.87. The summed E-state index contributed by atoms with van der Waals surface area (Å²) in [6, 6.07) is 80.8. The van der Waals surface area contributed by atoms with Crippen LogP contribution < -0.4 is 9.64 Å². The molecule has 2 nitrogen and oxygen atoms in total. The molecule has 9 aromatic carbocycles. The van der Waals surface area contributed by atoms with Gasteiger partial charge in [-0.05, 0) is 92.0 Å². The summed E-state index contributed by atoms with van der Waals surface area (Å²) < 4.78 is 6.87. The average Bonchev–Trinajstić information content (AvgIpc) is 3.58. The molecular weight excluding hydrogens is 691 g/mol. The third-order valence-electron chi connectivity index (χ3n) is 11.8. The summed E-state index contributed by atoms with van der Waals surface area (Å²) in [7, 11) is 0. The van der Waals surface area contributed by atoms with Crippen molar-refractivity contribution < 1.29 is 4.74 Å². The highest BCUT2D eigenvalue weighted by Gasteiger charge is 2.51. The first-order valence-electron chi connectivity index (χ1n) is 19.6. The summed E-state index contributed by atoms with van der Waals surface area (Å²) in [5.74, 6) is 1.75. The van der Waals surface area contributed by atoms with E-state index in [-0.39, 0.29) is 0 Å². The van der Waals surface area contributed by atoms with E-state index in [1.807, 2.05) is 0 Å². The molecule has 268 valence electrons. The van der Waals surface area contributed by atoms with E-state index in [9.17, 15) is 0 Å². The lowest BCUT2D eigenvalue weighted by Gasteiger charge is -2.40. The molecule has 0 radical (unpaired) electrons. The number of fused-ring (bicyclic) bond motifs is 9. The summed E-state index contributed by atoms with van der Waals surface area (Å²) in [5, 5.41) is 0. The van der Waals surface area contributed by atoms with Crippen LogP contribution in [0.2, 0.25) is 0 Å². The van der Waals surface area contributed by atoms with E-state index >= 15 is 0 Å². The number of nitrogens with zero attached hydrogens (tertiary/aromatic N) is 1. The molecular formula is C55H37NO. The summed E-state index contributed by atoms with van der Waals surface area (Å²) in [6.07, 6.45) is 0. The van der Waals surface area contributed by atoms with Gasteiger partial charge in [-0.15, -0.1) is 0 Å². The van der Waals surface area contributed by atoms with Crippen LogP contribution in [0.1, 0.15) is 22.3 Å². The van der Waals surface area contributed by atoms with E-state index in [0.717, 1.165) is 34.1 Å². The van der Waals surface area contributed by atoms with Crippen LogP contribution in [0.5, 0.6) is 11.5 Å². The van der Waals surface area contributed by atoms with Crippen molar-refractivity contribution in [1.82, 2.24) is 0 Å². The highest BCUT2D eigenvalue weighted by Crippen LogP contribution is 2.62. The number of para-hydroxylation sites is 2. The molecule has 0 unspecified atom stereocenters. The van der Waals surface area contributed by atoms with Crippen molar-refractivity contribution in [1.29, 1.82) is 0 Å². The van der Waals surface area contributed by atoms with Crippen LogP contribution >= 0.6 is 0 Å². The molecule has 1 aliphatic carbocycles. The topological polar surface area (TPSA) is 12.5 Å². The van der Waals surface area contributed by atoms with Crippen LogP contribution in [-0.2, 0) is 5.41 Å². The number of hydrogen-bond donors (Lipinski definition) is 0. The minimum absolute atomic E-state index is 0.490. The van der Waals surface area contributed by atoms with Gasteiger partial charge in [-0.1, -0.05) is 182 Å². The Morgan fingerprint density at radius 1 is 0.281 bits per heavy atom. The largest absolute Gasteiger partial charge is 0.457 e. The molecule has 57 heavy (non-hydrogen) atoms. The number of rotatable bonds is 6. The van der Waals surface area contributed by atoms with Crippen molar-refractivity contribution in [2.75, 3.05) is 4.90 Å². The predicted octanol–water partition coefficient (Wildman–Crippen LogP) is 14.6. The number of hydrogen-bond acceptors (Lipinski definition) is 2. The fraction of sp³-hybridized carbons (Fsp3) is 0.0182. The summed E-state index contributed by atoms with van der Waals surface area (Å²) >= 11 is 0.